The van der Waals surface area contributed by atoms with E-state index >= 15 is 0 Å². The molecule has 3 N–H and O–H groups in total. The van der Waals surface area contributed by atoms with Crippen molar-refractivity contribution in [2.75, 3.05) is 0 Å². The average Bonchev–Trinajstić information content (AvgIpc) is 1.95. The van der Waals surface area contributed by atoms with Crippen LogP contribution < -0.4 is 5.73 Å². The van der Waals surface area contributed by atoms with E-state index in [1.54, 1.807) is 6.08 Å². The van der Waals surface area contributed by atoms with Crippen molar-refractivity contribution in [3.63, 3.8) is 0 Å². The number of carboxylic acids is 1. The first-order chi connectivity index (χ1) is 5.04. The molecule has 0 saturated heterocycles. The molecule has 0 aromatic rings. The molecule has 0 heterocycles. The number of rotatable bonds is 1. The van der Waals surface area contributed by atoms with Crippen LogP contribution >= 0.6 is 11.6 Å². The minimum Gasteiger partial charge on any atom is -0.480 e. The van der Waals surface area contributed by atoms with Crippen molar-refractivity contribution in [2.24, 2.45) is 5.73 Å². The third-order valence-corrected chi connectivity index (χ3v) is 1.97. The number of hydrogen-bond acceptors (Lipinski definition) is 2. The molecule has 0 fully saturated rings. The Labute approximate surface area is 69.1 Å². The highest BCUT2D eigenvalue weighted by Crippen LogP contribution is 2.26. The van der Waals surface area contributed by atoms with E-state index in [1.807, 2.05) is 0 Å². The summed E-state index contributed by atoms with van der Waals surface area (Å²) < 4.78 is 0. The van der Waals surface area contributed by atoms with Gasteiger partial charge in [-0.2, -0.15) is 0 Å². The van der Waals surface area contributed by atoms with Crippen LogP contribution in [0, 0.1) is 0 Å². The van der Waals surface area contributed by atoms with E-state index in [1.165, 1.54) is 12.2 Å². The molecule has 1 rings (SSSR count). The summed E-state index contributed by atoms with van der Waals surface area (Å²) in [7, 11) is 0. The number of carbonyl (C=O) groups is 1. The van der Waals surface area contributed by atoms with Crippen molar-refractivity contribution in [2.45, 2.75) is 11.3 Å². The van der Waals surface area contributed by atoms with Gasteiger partial charge in [0.2, 0.25) is 0 Å². The summed E-state index contributed by atoms with van der Waals surface area (Å²) in [6, 6.07) is 0. The second-order valence-electron chi connectivity index (χ2n) is 2.41. The number of carboxylic acid groups (broad SMARTS) is 1. The van der Waals surface area contributed by atoms with E-state index in [4.69, 9.17) is 22.4 Å². The highest BCUT2D eigenvalue weighted by Gasteiger charge is 2.33. The Morgan fingerprint density at radius 2 is 2.45 bits per heavy atom. The molecule has 1 aliphatic carbocycles. The first-order valence-electron chi connectivity index (χ1n) is 3.12. The molecule has 0 aromatic carbocycles. The zero-order valence-corrected chi connectivity index (χ0v) is 6.51. The van der Waals surface area contributed by atoms with Crippen LogP contribution in [0.5, 0.6) is 0 Å². The van der Waals surface area contributed by atoms with Crippen LogP contribution in [-0.2, 0) is 4.79 Å². The normalized spacial score (nSPS) is 29.7. The number of hydrogen-bond donors (Lipinski definition) is 2. The van der Waals surface area contributed by atoms with E-state index in [0.29, 0.717) is 5.70 Å². The summed E-state index contributed by atoms with van der Waals surface area (Å²) in [4.78, 5) is 9.24. The molecule has 4 heteroatoms. The van der Waals surface area contributed by atoms with Gasteiger partial charge in [0.1, 0.15) is 0 Å². The molecule has 0 aromatic heterocycles. The Morgan fingerprint density at radius 3 is 2.82 bits per heavy atom. The maximum absolute atomic E-state index is 10.5. The zero-order valence-electron chi connectivity index (χ0n) is 5.75. The smallest absolute Gasteiger partial charge is 0.329 e. The van der Waals surface area contributed by atoms with E-state index in [2.05, 4.69) is 0 Å². The molecule has 60 valence electrons. The lowest BCUT2D eigenvalue weighted by molar-refractivity contribution is -0.138. The molecule has 3 nitrogen and oxygen atoms in total. The zero-order chi connectivity index (χ0) is 8.48. The lowest BCUT2D eigenvalue weighted by Gasteiger charge is -2.18. The van der Waals surface area contributed by atoms with Crippen LogP contribution in [-0.4, -0.2) is 16.0 Å². The molecular weight excluding hydrogens is 166 g/mol. The van der Waals surface area contributed by atoms with Crippen LogP contribution in [0.3, 0.4) is 0 Å². The molecule has 0 saturated carbocycles. The van der Waals surface area contributed by atoms with Gasteiger partial charge in [-0.3, -0.25) is 0 Å². The topological polar surface area (TPSA) is 63.3 Å². The monoisotopic (exact) mass is 173 g/mol. The predicted molar refractivity (Wildman–Crippen MR) is 42.2 cm³/mol. The molecule has 1 unspecified atom stereocenters. The predicted octanol–water partition coefficient (Wildman–Crippen LogP) is 0.851. The van der Waals surface area contributed by atoms with Gasteiger partial charge in [0.25, 0.3) is 0 Å². The number of allylic oxidation sites excluding steroid dienone is 2. The van der Waals surface area contributed by atoms with Crippen LogP contribution in [0.1, 0.15) is 6.42 Å². The summed E-state index contributed by atoms with van der Waals surface area (Å²) in [5.41, 5.74) is 5.94. The molecular formula is C7H8ClNO2. The first kappa shape index (κ1) is 8.14. The van der Waals surface area contributed by atoms with Crippen LogP contribution in [0.15, 0.2) is 23.9 Å². The number of nitrogens with two attached hydrogens (primary N) is 1. The summed E-state index contributed by atoms with van der Waals surface area (Å²) in [5.74, 6) is -1.04. The fourth-order valence-electron chi connectivity index (χ4n) is 0.789. The fraction of sp³-hybridized carbons (Fsp3) is 0.286. The van der Waals surface area contributed by atoms with Crippen LogP contribution in [0.4, 0.5) is 0 Å². The van der Waals surface area contributed by atoms with Gasteiger partial charge < -0.3 is 10.8 Å². The third kappa shape index (κ3) is 1.54. The molecule has 1 atom stereocenters. The maximum atomic E-state index is 10.5. The summed E-state index contributed by atoms with van der Waals surface area (Å²) in [5, 5.41) is 8.63. The SMILES string of the molecule is NC1=CCC(Cl)(C(=O)O)C=C1. The highest BCUT2D eigenvalue weighted by molar-refractivity contribution is 6.35. The molecule has 1 aliphatic rings. The van der Waals surface area contributed by atoms with Gasteiger partial charge in [-0.15, -0.1) is 11.6 Å². The number of alkyl halides is 1. The van der Waals surface area contributed by atoms with E-state index < -0.39 is 10.8 Å². The lowest BCUT2D eigenvalue weighted by Crippen LogP contribution is -2.31. The Balaban J connectivity index is 2.82. The molecule has 0 radical (unpaired) electrons. The van der Waals surface area contributed by atoms with Crippen molar-refractivity contribution in [1.82, 2.24) is 0 Å². The maximum Gasteiger partial charge on any atom is 0.329 e. The summed E-state index contributed by atoms with van der Waals surface area (Å²) >= 11 is 5.69. The van der Waals surface area contributed by atoms with Gasteiger partial charge in [0.05, 0.1) is 0 Å². The van der Waals surface area contributed by atoms with Gasteiger partial charge in [-0.05, 0) is 6.08 Å². The largest absolute Gasteiger partial charge is 0.480 e. The van der Waals surface area contributed by atoms with Crippen LogP contribution in [0.2, 0.25) is 0 Å². The molecule has 0 bridgehead atoms. The first-order valence-corrected chi connectivity index (χ1v) is 3.49. The minimum absolute atomic E-state index is 0.242. The standard InChI is InChI=1S/C7H8ClNO2/c8-7(6(10)11)3-1-5(9)2-4-7/h1-3H,4,9H2,(H,10,11). The van der Waals surface area contributed by atoms with Gasteiger partial charge in [0.15, 0.2) is 4.87 Å². The van der Waals surface area contributed by atoms with Gasteiger partial charge >= 0.3 is 5.97 Å². The van der Waals surface area contributed by atoms with Crippen molar-refractivity contribution < 1.29 is 9.90 Å². The highest BCUT2D eigenvalue weighted by atomic mass is 35.5. The Hall–Kier alpha value is -0.960. The number of halogens is 1. The molecule has 0 spiro atoms. The van der Waals surface area contributed by atoms with Crippen molar-refractivity contribution in [1.29, 1.82) is 0 Å². The van der Waals surface area contributed by atoms with E-state index in [-0.39, 0.29) is 6.42 Å². The minimum atomic E-state index is -1.29. The summed E-state index contributed by atoms with van der Waals surface area (Å²) in [6.45, 7) is 0. The fourth-order valence-corrected chi connectivity index (χ4v) is 0.930. The van der Waals surface area contributed by atoms with Crippen LogP contribution in [0.25, 0.3) is 0 Å². The molecule has 0 aliphatic heterocycles. The summed E-state index contributed by atoms with van der Waals surface area (Å²) in [6.07, 6.45) is 4.74. The van der Waals surface area contributed by atoms with Gasteiger partial charge in [-0.25, -0.2) is 4.79 Å². The van der Waals surface area contributed by atoms with Crippen molar-refractivity contribution >= 4 is 17.6 Å². The van der Waals surface area contributed by atoms with Crippen molar-refractivity contribution in [3.05, 3.63) is 23.9 Å². The Bertz CT molecular complexity index is 247. The molecule has 0 amide bonds. The third-order valence-electron chi connectivity index (χ3n) is 1.53. The Kier molecular flexibility index (Phi) is 1.91. The second kappa shape index (κ2) is 2.58. The van der Waals surface area contributed by atoms with Gasteiger partial charge in [0, 0.05) is 12.1 Å². The quantitative estimate of drug-likeness (QED) is 0.578. The second-order valence-corrected chi connectivity index (χ2v) is 3.08. The lowest BCUT2D eigenvalue weighted by atomic mass is 9.99. The van der Waals surface area contributed by atoms with E-state index in [9.17, 15) is 4.79 Å². The Morgan fingerprint density at radius 1 is 1.82 bits per heavy atom. The van der Waals surface area contributed by atoms with Gasteiger partial charge in [-0.1, -0.05) is 12.2 Å². The van der Waals surface area contributed by atoms with Crippen molar-refractivity contribution in [3.8, 4) is 0 Å². The average molecular weight is 174 g/mol. The molecule has 11 heavy (non-hydrogen) atoms. The van der Waals surface area contributed by atoms with E-state index in [0.717, 1.165) is 0 Å². The number of aliphatic carboxylic acids is 1.